The fourth-order valence-electron chi connectivity index (χ4n) is 3.00. The summed E-state index contributed by atoms with van der Waals surface area (Å²) >= 11 is 3.44. The maximum absolute atomic E-state index is 10.3. The molecular formula is C16H24BrNO2. The molecule has 2 unspecified atom stereocenters. The summed E-state index contributed by atoms with van der Waals surface area (Å²) in [6.45, 7) is 2.25. The molecule has 0 saturated carbocycles. The van der Waals surface area contributed by atoms with Gasteiger partial charge in [-0.25, -0.2) is 0 Å². The van der Waals surface area contributed by atoms with Gasteiger partial charge in [0.25, 0.3) is 0 Å². The molecule has 1 saturated heterocycles. The van der Waals surface area contributed by atoms with Crippen LogP contribution in [0.3, 0.4) is 0 Å². The third-order valence-electron chi connectivity index (χ3n) is 4.13. The number of nitrogens with zero attached hydrogens (tertiary/aromatic N) is 1. The van der Waals surface area contributed by atoms with Gasteiger partial charge in [0.2, 0.25) is 0 Å². The van der Waals surface area contributed by atoms with Crippen LogP contribution in [-0.2, 0) is 0 Å². The van der Waals surface area contributed by atoms with Crippen molar-refractivity contribution in [3.63, 3.8) is 0 Å². The molecule has 2 rings (SSSR count). The Hall–Kier alpha value is -0.420. The maximum atomic E-state index is 10.3. The molecule has 20 heavy (non-hydrogen) atoms. The van der Waals surface area contributed by atoms with Crippen LogP contribution in [-0.4, -0.2) is 40.9 Å². The molecule has 4 heteroatoms. The fourth-order valence-corrected chi connectivity index (χ4v) is 3.42. The molecule has 2 atom stereocenters. The maximum Gasteiger partial charge on any atom is 0.0802 e. The van der Waals surface area contributed by atoms with Crippen LogP contribution in [0.25, 0.3) is 0 Å². The number of likely N-dealkylation sites (tertiary alicyclic amines) is 1. The lowest BCUT2D eigenvalue weighted by molar-refractivity contribution is 0.0891. The zero-order chi connectivity index (χ0) is 14.4. The number of rotatable bonds is 6. The first kappa shape index (κ1) is 16.0. The largest absolute Gasteiger partial charge is 0.396 e. The first-order chi connectivity index (χ1) is 9.70. The van der Waals surface area contributed by atoms with Crippen LogP contribution in [0, 0.1) is 0 Å². The molecule has 0 bridgehead atoms. The molecule has 0 radical (unpaired) electrons. The van der Waals surface area contributed by atoms with E-state index in [9.17, 15) is 5.11 Å². The highest BCUT2D eigenvalue weighted by Gasteiger charge is 2.22. The Kier molecular flexibility index (Phi) is 6.49. The Morgan fingerprint density at radius 2 is 2.20 bits per heavy atom. The molecule has 2 N–H and O–H groups in total. The molecular weight excluding hydrogens is 318 g/mol. The van der Waals surface area contributed by atoms with Gasteiger partial charge < -0.3 is 15.1 Å². The molecule has 1 fully saturated rings. The van der Waals surface area contributed by atoms with Crippen molar-refractivity contribution >= 4 is 15.9 Å². The van der Waals surface area contributed by atoms with Crippen molar-refractivity contribution in [3.8, 4) is 0 Å². The van der Waals surface area contributed by atoms with E-state index in [4.69, 9.17) is 5.11 Å². The van der Waals surface area contributed by atoms with E-state index in [0.717, 1.165) is 36.0 Å². The molecule has 1 aromatic carbocycles. The average molecular weight is 342 g/mol. The van der Waals surface area contributed by atoms with Crippen LogP contribution < -0.4 is 0 Å². The van der Waals surface area contributed by atoms with Crippen LogP contribution >= 0.6 is 15.9 Å². The van der Waals surface area contributed by atoms with Crippen LogP contribution in [0.1, 0.15) is 43.8 Å². The van der Waals surface area contributed by atoms with E-state index in [1.54, 1.807) is 0 Å². The van der Waals surface area contributed by atoms with Crippen LogP contribution in [0.5, 0.6) is 0 Å². The number of piperidine rings is 1. The summed E-state index contributed by atoms with van der Waals surface area (Å²) in [6, 6.07) is 8.36. The van der Waals surface area contributed by atoms with E-state index >= 15 is 0 Å². The second kappa shape index (κ2) is 8.13. The quantitative estimate of drug-likeness (QED) is 0.835. The smallest absolute Gasteiger partial charge is 0.0802 e. The summed E-state index contributed by atoms with van der Waals surface area (Å²) in [5.74, 6) is 0. The number of aliphatic hydroxyl groups excluding tert-OH is 2. The van der Waals surface area contributed by atoms with Gasteiger partial charge in [-0.1, -0.05) is 34.5 Å². The number of aliphatic hydroxyl groups is 2. The first-order valence-electron chi connectivity index (χ1n) is 7.49. The summed E-state index contributed by atoms with van der Waals surface area (Å²) in [4.78, 5) is 2.43. The van der Waals surface area contributed by atoms with Gasteiger partial charge >= 0.3 is 0 Å². The molecule has 0 amide bonds. The minimum atomic E-state index is -0.413. The molecule has 1 aliphatic heterocycles. The monoisotopic (exact) mass is 341 g/mol. The van der Waals surface area contributed by atoms with Crippen molar-refractivity contribution in [2.45, 2.75) is 44.2 Å². The first-order valence-corrected chi connectivity index (χ1v) is 8.28. The Morgan fingerprint density at radius 1 is 1.35 bits per heavy atom. The second-order valence-corrected chi connectivity index (χ2v) is 6.47. The Morgan fingerprint density at radius 3 is 2.95 bits per heavy atom. The van der Waals surface area contributed by atoms with Crippen molar-refractivity contribution in [2.24, 2.45) is 0 Å². The van der Waals surface area contributed by atoms with Crippen molar-refractivity contribution < 1.29 is 10.2 Å². The lowest BCUT2D eigenvalue weighted by Crippen LogP contribution is -2.41. The van der Waals surface area contributed by atoms with Gasteiger partial charge in [0.05, 0.1) is 6.10 Å². The number of benzene rings is 1. The Bertz CT molecular complexity index is 411. The van der Waals surface area contributed by atoms with E-state index in [1.165, 1.54) is 19.3 Å². The topological polar surface area (TPSA) is 43.7 Å². The number of halogens is 1. The summed E-state index contributed by atoms with van der Waals surface area (Å²) in [5.41, 5.74) is 0.968. The standard InChI is InChI=1S/C16H24BrNO2/c17-14-5-3-4-13(12-14)16(20)7-10-18-9-2-1-6-15(18)8-11-19/h3-5,12,15-16,19-20H,1-2,6-11H2. The molecule has 3 nitrogen and oxygen atoms in total. The van der Waals surface area contributed by atoms with Gasteiger partial charge in [0, 0.05) is 23.7 Å². The zero-order valence-electron chi connectivity index (χ0n) is 11.8. The lowest BCUT2D eigenvalue weighted by Gasteiger charge is -2.36. The summed E-state index contributed by atoms with van der Waals surface area (Å²) < 4.78 is 1.00. The molecule has 1 heterocycles. The minimum Gasteiger partial charge on any atom is -0.396 e. The van der Waals surface area contributed by atoms with Crippen molar-refractivity contribution in [3.05, 3.63) is 34.3 Å². The summed E-state index contributed by atoms with van der Waals surface area (Å²) in [5, 5.41) is 19.4. The van der Waals surface area contributed by atoms with Crippen LogP contribution in [0.2, 0.25) is 0 Å². The van der Waals surface area contributed by atoms with Crippen molar-refractivity contribution in [1.29, 1.82) is 0 Å². The van der Waals surface area contributed by atoms with Gasteiger partial charge in [0.1, 0.15) is 0 Å². The normalized spacial score (nSPS) is 21.9. The third kappa shape index (κ3) is 4.55. The molecule has 1 aromatic rings. The zero-order valence-corrected chi connectivity index (χ0v) is 13.4. The molecule has 112 valence electrons. The predicted molar refractivity (Wildman–Crippen MR) is 84.6 cm³/mol. The SMILES string of the molecule is OCCC1CCCCN1CCC(O)c1cccc(Br)c1. The number of hydrogen-bond donors (Lipinski definition) is 2. The molecule has 0 aliphatic carbocycles. The molecule has 0 spiro atoms. The van der Waals surface area contributed by atoms with Crippen molar-refractivity contribution in [2.75, 3.05) is 19.7 Å². The van der Waals surface area contributed by atoms with E-state index < -0.39 is 6.10 Å². The van der Waals surface area contributed by atoms with E-state index in [0.29, 0.717) is 6.04 Å². The van der Waals surface area contributed by atoms with E-state index in [2.05, 4.69) is 20.8 Å². The van der Waals surface area contributed by atoms with Crippen LogP contribution in [0.4, 0.5) is 0 Å². The Labute approximate surface area is 129 Å². The summed E-state index contributed by atoms with van der Waals surface area (Å²) in [6.07, 6.45) is 4.85. The lowest BCUT2D eigenvalue weighted by atomic mass is 9.98. The molecule has 1 aliphatic rings. The predicted octanol–water partition coefficient (Wildman–Crippen LogP) is 3.11. The highest BCUT2D eigenvalue weighted by atomic mass is 79.9. The summed E-state index contributed by atoms with van der Waals surface area (Å²) in [7, 11) is 0. The van der Waals surface area contributed by atoms with Gasteiger partial charge in [-0.2, -0.15) is 0 Å². The van der Waals surface area contributed by atoms with E-state index in [1.807, 2.05) is 24.3 Å². The van der Waals surface area contributed by atoms with Crippen molar-refractivity contribution in [1.82, 2.24) is 4.90 Å². The average Bonchev–Trinajstić information content (AvgIpc) is 2.46. The highest BCUT2D eigenvalue weighted by Crippen LogP contribution is 2.24. The van der Waals surface area contributed by atoms with Gasteiger partial charge in [-0.3, -0.25) is 0 Å². The van der Waals surface area contributed by atoms with Crippen LogP contribution in [0.15, 0.2) is 28.7 Å². The second-order valence-electron chi connectivity index (χ2n) is 5.56. The fraction of sp³-hybridized carbons (Fsp3) is 0.625. The van der Waals surface area contributed by atoms with Gasteiger partial charge in [0.15, 0.2) is 0 Å². The van der Waals surface area contributed by atoms with E-state index in [-0.39, 0.29) is 6.61 Å². The van der Waals surface area contributed by atoms with Gasteiger partial charge in [-0.05, 0) is 49.9 Å². The Balaban J connectivity index is 1.86. The van der Waals surface area contributed by atoms with Gasteiger partial charge in [-0.15, -0.1) is 0 Å². The third-order valence-corrected chi connectivity index (χ3v) is 4.63. The number of hydrogen-bond acceptors (Lipinski definition) is 3. The minimum absolute atomic E-state index is 0.259. The molecule has 0 aromatic heterocycles. The highest BCUT2D eigenvalue weighted by molar-refractivity contribution is 9.10.